The molecule has 96 valence electrons. The third kappa shape index (κ3) is 4.02. The lowest BCUT2D eigenvalue weighted by Gasteiger charge is -2.17. The molecule has 0 aromatic heterocycles. The van der Waals surface area contributed by atoms with E-state index in [4.69, 9.17) is 5.73 Å². The molecule has 0 amide bonds. The summed E-state index contributed by atoms with van der Waals surface area (Å²) in [5.74, 6) is -0.734. The Kier molecular flexibility index (Phi) is 5.64. The third-order valence-corrected chi connectivity index (χ3v) is 2.14. The maximum Gasteiger partial charge on any atom is 0.416 e. The van der Waals surface area contributed by atoms with Crippen LogP contribution in [0.3, 0.4) is 0 Å². The molecule has 2 N–H and O–H groups in total. The van der Waals surface area contributed by atoms with Gasteiger partial charge in [-0.1, -0.05) is 6.08 Å². The summed E-state index contributed by atoms with van der Waals surface area (Å²) in [6, 6.07) is 1.39. The van der Waals surface area contributed by atoms with Crippen molar-refractivity contribution in [2.75, 3.05) is 0 Å². The topological polar surface area (TPSA) is 26.0 Å². The smallest absolute Gasteiger partial charge is 0.324 e. The van der Waals surface area contributed by atoms with E-state index in [1.54, 1.807) is 0 Å². The largest absolute Gasteiger partial charge is 0.416 e. The zero-order valence-electron chi connectivity index (χ0n) is 8.80. The maximum absolute atomic E-state index is 12.9. The molecule has 1 rings (SSSR count). The van der Waals surface area contributed by atoms with Gasteiger partial charge in [-0.05, 0) is 30.2 Å². The number of hydrogen-bond acceptors (Lipinski definition) is 1. The minimum Gasteiger partial charge on any atom is -0.324 e. The highest BCUT2D eigenvalue weighted by atomic mass is 35.5. The molecular formula is C11H12ClF4N. The average molecular weight is 270 g/mol. The molecule has 0 fully saturated rings. The van der Waals surface area contributed by atoms with E-state index < -0.39 is 23.6 Å². The van der Waals surface area contributed by atoms with Gasteiger partial charge in [0.15, 0.2) is 0 Å². The molecule has 6 heteroatoms. The molecular weight excluding hydrogens is 258 g/mol. The van der Waals surface area contributed by atoms with Crippen LogP contribution in [0.2, 0.25) is 0 Å². The molecule has 17 heavy (non-hydrogen) atoms. The number of rotatable bonds is 3. The van der Waals surface area contributed by atoms with Gasteiger partial charge in [-0.25, -0.2) is 4.39 Å². The highest BCUT2D eigenvalue weighted by Crippen LogP contribution is 2.35. The quantitative estimate of drug-likeness (QED) is 0.655. The predicted octanol–water partition coefficient (Wildman–Crippen LogP) is 3.84. The van der Waals surface area contributed by atoms with Gasteiger partial charge in [-0.15, -0.1) is 19.0 Å². The van der Waals surface area contributed by atoms with Crippen molar-refractivity contribution in [2.24, 2.45) is 5.73 Å². The molecule has 0 radical (unpaired) electrons. The second-order valence-corrected chi connectivity index (χ2v) is 3.36. The molecule has 0 aliphatic rings. The molecule has 1 aromatic carbocycles. The summed E-state index contributed by atoms with van der Waals surface area (Å²) in [6.45, 7) is 3.39. The molecule has 0 saturated carbocycles. The number of benzene rings is 1. The Morgan fingerprint density at radius 3 is 2.41 bits per heavy atom. The average Bonchev–Trinajstić information content (AvgIpc) is 2.16. The first-order valence-electron chi connectivity index (χ1n) is 4.59. The predicted molar refractivity (Wildman–Crippen MR) is 60.4 cm³/mol. The lowest BCUT2D eigenvalue weighted by molar-refractivity contribution is -0.138. The van der Waals surface area contributed by atoms with E-state index in [9.17, 15) is 17.6 Å². The zero-order chi connectivity index (χ0) is 12.3. The molecule has 1 atom stereocenters. The van der Waals surface area contributed by atoms with Gasteiger partial charge >= 0.3 is 6.18 Å². The van der Waals surface area contributed by atoms with E-state index in [2.05, 4.69) is 6.58 Å². The highest BCUT2D eigenvalue weighted by Gasteiger charge is 2.34. The Labute approximate surface area is 103 Å². The fourth-order valence-electron chi connectivity index (χ4n) is 1.41. The fourth-order valence-corrected chi connectivity index (χ4v) is 1.41. The summed E-state index contributed by atoms with van der Waals surface area (Å²) >= 11 is 0. The Morgan fingerprint density at radius 2 is 1.94 bits per heavy atom. The van der Waals surface area contributed by atoms with Crippen molar-refractivity contribution in [2.45, 2.75) is 18.6 Å². The minimum atomic E-state index is -4.53. The second-order valence-electron chi connectivity index (χ2n) is 3.36. The van der Waals surface area contributed by atoms with Crippen LogP contribution in [0, 0.1) is 5.82 Å². The van der Waals surface area contributed by atoms with Crippen molar-refractivity contribution in [1.29, 1.82) is 0 Å². The van der Waals surface area contributed by atoms with Crippen LogP contribution in [-0.4, -0.2) is 0 Å². The Balaban J connectivity index is 0.00000256. The third-order valence-electron chi connectivity index (χ3n) is 2.14. The van der Waals surface area contributed by atoms with Crippen molar-refractivity contribution in [3.8, 4) is 0 Å². The van der Waals surface area contributed by atoms with Gasteiger partial charge in [0.25, 0.3) is 0 Å². The second kappa shape index (κ2) is 6.02. The lowest BCUT2D eigenvalue weighted by Crippen LogP contribution is -2.17. The van der Waals surface area contributed by atoms with Crippen LogP contribution < -0.4 is 5.73 Å². The Morgan fingerprint density at radius 1 is 1.35 bits per heavy atom. The first-order valence-corrected chi connectivity index (χ1v) is 4.59. The molecule has 0 bridgehead atoms. The van der Waals surface area contributed by atoms with Crippen LogP contribution in [0.15, 0.2) is 30.9 Å². The minimum absolute atomic E-state index is 0. The molecule has 1 aromatic rings. The molecule has 0 unspecified atom stereocenters. The standard InChI is InChI=1S/C11H11F4N.ClH/c1-2-3-10(16)8-6-7(12)4-5-9(8)11(13,14)15;/h2,4-6,10H,1,3,16H2;1H/t10-;/m0./s1. The van der Waals surface area contributed by atoms with Crippen LogP contribution in [0.5, 0.6) is 0 Å². The van der Waals surface area contributed by atoms with Crippen LogP contribution in [-0.2, 0) is 6.18 Å². The summed E-state index contributed by atoms with van der Waals surface area (Å²) in [6.07, 6.45) is -2.97. The first-order chi connectivity index (χ1) is 7.36. The summed E-state index contributed by atoms with van der Waals surface area (Å²) in [5, 5.41) is 0. The van der Waals surface area contributed by atoms with Crippen molar-refractivity contribution in [3.05, 3.63) is 47.8 Å². The molecule has 0 aliphatic carbocycles. The summed E-state index contributed by atoms with van der Waals surface area (Å²) in [5.41, 5.74) is 4.39. The van der Waals surface area contributed by atoms with Crippen LogP contribution in [0.4, 0.5) is 17.6 Å². The van der Waals surface area contributed by atoms with E-state index in [0.29, 0.717) is 6.07 Å². The van der Waals surface area contributed by atoms with Gasteiger partial charge in [-0.2, -0.15) is 13.2 Å². The van der Waals surface area contributed by atoms with Crippen LogP contribution >= 0.6 is 12.4 Å². The monoisotopic (exact) mass is 269 g/mol. The maximum atomic E-state index is 12.9. The van der Waals surface area contributed by atoms with Gasteiger partial charge in [0, 0.05) is 6.04 Å². The van der Waals surface area contributed by atoms with Gasteiger partial charge in [0.05, 0.1) is 5.56 Å². The summed E-state index contributed by atoms with van der Waals surface area (Å²) in [4.78, 5) is 0. The Bertz CT molecular complexity index is 390. The van der Waals surface area contributed by atoms with Gasteiger partial charge in [0.2, 0.25) is 0 Å². The molecule has 0 aliphatic heterocycles. The normalized spacial score (nSPS) is 12.8. The van der Waals surface area contributed by atoms with Crippen molar-refractivity contribution in [3.63, 3.8) is 0 Å². The summed E-state index contributed by atoms with van der Waals surface area (Å²) < 4.78 is 50.6. The number of nitrogens with two attached hydrogens (primary N) is 1. The molecule has 0 heterocycles. The molecule has 0 saturated heterocycles. The zero-order valence-corrected chi connectivity index (χ0v) is 9.61. The van der Waals surface area contributed by atoms with Crippen molar-refractivity contribution >= 4 is 12.4 Å². The van der Waals surface area contributed by atoms with E-state index in [1.807, 2.05) is 0 Å². The summed E-state index contributed by atoms with van der Waals surface area (Å²) in [7, 11) is 0. The number of alkyl halides is 3. The van der Waals surface area contributed by atoms with Crippen LogP contribution in [0.25, 0.3) is 0 Å². The van der Waals surface area contributed by atoms with Crippen LogP contribution in [0.1, 0.15) is 23.6 Å². The van der Waals surface area contributed by atoms with Crippen molar-refractivity contribution < 1.29 is 17.6 Å². The fraction of sp³-hybridized carbons (Fsp3) is 0.273. The van der Waals surface area contributed by atoms with Gasteiger partial charge < -0.3 is 5.73 Å². The van der Waals surface area contributed by atoms with E-state index >= 15 is 0 Å². The SMILES string of the molecule is C=CC[C@H](N)c1cc(F)ccc1C(F)(F)F.Cl. The Hall–Kier alpha value is -1.07. The van der Waals surface area contributed by atoms with E-state index in [0.717, 1.165) is 12.1 Å². The first kappa shape index (κ1) is 15.9. The highest BCUT2D eigenvalue weighted by molar-refractivity contribution is 5.85. The number of hydrogen-bond donors (Lipinski definition) is 1. The van der Waals surface area contributed by atoms with E-state index in [1.165, 1.54) is 6.08 Å². The van der Waals surface area contributed by atoms with E-state index in [-0.39, 0.29) is 24.4 Å². The lowest BCUT2D eigenvalue weighted by atomic mass is 9.98. The van der Waals surface area contributed by atoms with Crippen molar-refractivity contribution in [1.82, 2.24) is 0 Å². The molecule has 1 nitrogen and oxygen atoms in total. The number of halogens is 5. The van der Waals surface area contributed by atoms with Gasteiger partial charge in [0.1, 0.15) is 5.82 Å². The van der Waals surface area contributed by atoms with Gasteiger partial charge in [-0.3, -0.25) is 0 Å². The molecule has 0 spiro atoms.